The molecule has 0 spiro atoms. The number of anilines is 1. The van der Waals surface area contributed by atoms with E-state index in [1.165, 1.54) is 11.1 Å². The lowest BCUT2D eigenvalue weighted by molar-refractivity contribution is 0.858. The van der Waals surface area contributed by atoms with E-state index >= 15 is 0 Å². The number of hydrogen-bond donors (Lipinski definition) is 1. The molecule has 0 saturated heterocycles. The Balaban J connectivity index is 2.14. The Morgan fingerprint density at radius 3 is 2.26 bits per heavy atom. The minimum Gasteiger partial charge on any atom is -0.379 e. The van der Waals surface area contributed by atoms with Crippen LogP contribution in [0.4, 0.5) is 5.69 Å². The van der Waals surface area contributed by atoms with E-state index in [9.17, 15) is 0 Å². The molecular weight excluding hydrogens is 254 g/mol. The first-order valence-corrected chi connectivity index (χ1v) is 7.06. The molecular formula is C17H20ClN. The van der Waals surface area contributed by atoms with Crippen molar-refractivity contribution >= 4 is 17.3 Å². The summed E-state index contributed by atoms with van der Waals surface area (Å²) in [5, 5.41) is 4.30. The second-order valence-electron chi connectivity index (χ2n) is 5.20. The second kappa shape index (κ2) is 6.12. The number of rotatable bonds is 4. The maximum Gasteiger partial charge on any atom is 0.0486 e. The van der Waals surface area contributed by atoms with Gasteiger partial charge in [0, 0.05) is 16.8 Å². The molecule has 1 unspecified atom stereocenters. The van der Waals surface area contributed by atoms with Gasteiger partial charge in [0.05, 0.1) is 0 Å². The highest BCUT2D eigenvalue weighted by Gasteiger charge is 2.07. The lowest BCUT2D eigenvalue weighted by atomic mass is 10.0. The van der Waals surface area contributed by atoms with E-state index in [0.717, 1.165) is 10.7 Å². The Labute approximate surface area is 120 Å². The van der Waals surface area contributed by atoms with Crippen LogP contribution in [0.25, 0.3) is 0 Å². The molecule has 0 aliphatic heterocycles. The fraction of sp³-hybridized carbons (Fsp3) is 0.294. The van der Waals surface area contributed by atoms with Gasteiger partial charge >= 0.3 is 0 Å². The first-order valence-electron chi connectivity index (χ1n) is 6.68. The molecule has 2 aromatic carbocycles. The standard InChI is InChI=1S/C17H20ClN/c1-12(2)14-6-5-9-17(11-14)19-13(3)15-7-4-8-16(18)10-15/h4-13,19H,1-3H3. The summed E-state index contributed by atoms with van der Waals surface area (Å²) in [6.07, 6.45) is 0. The van der Waals surface area contributed by atoms with Crippen LogP contribution >= 0.6 is 11.6 Å². The zero-order valence-electron chi connectivity index (χ0n) is 11.7. The molecule has 0 amide bonds. The molecule has 0 aliphatic rings. The Morgan fingerprint density at radius 1 is 0.895 bits per heavy atom. The third-order valence-electron chi connectivity index (χ3n) is 3.29. The normalized spacial score (nSPS) is 12.5. The molecule has 0 aliphatic carbocycles. The maximum atomic E-state index is 6.03. The van der Waals surface area contributed by atoms with Crippen molar-refractivity contribution in [2.75, 3.05) is 5.32 Å². The van der Waals surface area contributed by atoms with Crippen LogP contribution in [0.1, 0.15) is 43.9 Å². The fourth-order valence-electron chi connectivity index (χ4n) is 2.10. The van der Waals surface area contributed by atoms with Gasteiger partial charge in [0.1, 0.15) is 0 Å². The van der Waals surface area contributed by atoms with Gasteiger partial charge in [0.25, 0.3) is 0 Å². The number of benzene rings is 2. The largest absolute Gasteiger partial charge is 0.379 e. The van der Waals surface area contributed by atoms with Crippen LogP contribution in [0.2, 0.25) is 5.02 Å². The molecule has 19 heavy (non-hydrogen) atoms. The van der Waals surface area contributed by atoms with E-state index in [2.05, 4.69) is 56.4 Å². The van der Waals surface area contributed by atoms with Crippen molar-refractivity contribution < 1.29 is 0 Å². The summed E-state index contributed by atoms with van der Waals surface area (Å²) in [6.45, 7) is 6.56. The van der Waals surface area contributed by atoms with Gasteiger partial charge in [-0.2, -0.15) is 0 Å². The van der Waals surface area contributed by atoms with E-state index in [-0.39, 0.29) is 6.04 Å². The van der Waals surface area contributed by atoms with E-state index in [0.29, 0.717) is 5.92 Å². The molecule has 0 saturated carbocycles. The van der Waals surface area contributed by atoms with Crippen molar-refractivity contribution in [2.45, 2.75) is 32.7 Å². The van der Waals surface area contributed by atoms with Crippen LogP contribution in [0, 0.1) is 0 Å². The van der Waals surface area contributed by atoms with Crippen LogP contribution in [0.15, 0.2) is 48.5 Å². The lowest BCUT2D eigenvalue weighted by Crippen LogP contribution is -2.06. The SMILES string of the molecule is CC(C)c1cccc(NC(C)c2cccc(Cl)c2)c1. The van der Waals surface area contributed by atoms with E-state index < -0.39 is 0 Å². The van der Waals surface area contributed by atoms with Crippen molar-refractivity contribution in [3.63, 3.8) is 0 Å². The summed E-state index contributed by atoms with van der Waals surface area (Å²) >= 11 is 6.03. The van der Waals surface area contributed by atoms with Gasteiger partial charge in [-0.1, -0.05) is 49.7 Å². The third-order valence-corrected chi connectivity index (χ3v) is 3.52. The highest BCUT2D eigenvalue weighted by molar-refractivity contribution is 6.30. The summed E-state index contributed by atoms with van der Waals surface area (Å²) in [6, 6.07) is 16.8. The van der Waals surface area contributed by atoms with Crippen LogP contribution in [-0.2, 0) is 0 Å². The predicted molar refractivity (Wildman–Crippen MR) is 84.0 cm³/mol. The molecule has 0 bridgehead atoms. The molecule has 0 radical (unpaired) electrons. The maximum absolute atomic E-state index is 6.03. The van der Waals surface area contributed by atoms with Gasteiger partial charge in [-0.05, 0) is 48.2 Å². The molecule has 100 valence electrons. The molecule has 0 fully saturated rings. The highest BCUT2D eigenvalue weighted by Crippen LogP contribution is 2.24. The molecule has 1 nitrogen and oxygen atoms in total. The zero-order valence-corrected chi connectivity index (χ0v) is 12.4. The smallest absolute Gasteiger partial charge is 0.0486 e. The molecule has 1 N–H and O–H groups in total. The van der Waals surface area contributed by atoms with Gasteiger partial charge in [0.15, 0.2) is 0 Å². The highest BCUT2D eigenvalue weighted by atomic mass is 35.5. The van der Waals surface area contributed by atoms with E-state index in [1.54, 1.807) is 0 Å². The topological polar surface area (TPSA) is 12.0 Å². The van der Waals surface area contributed by atoms with Crippen molar-refractivity contribution in [2.24, 2.45) is 0 Å². The van der Waals surface area contributed by atoms with Gasteiger partial charge in [0.2, 0.25) is 0 Å². The number of hydrogen-bond acceptors (Lipinski definition) is 1. The van der Waals surface area contributed by atoms with E-state index in [1.807, 2.05) is 18.2 Å². The third kappa shape index (κ3) is 3.74. The first kappa shape index (κ1) is 14.0. The molecule has 0 aromatic heterocycles. The summed E-state index contributed by atoms with van der Waals surface area (Å²) in [4.78, 5) is 0. The van der Waals surface area contributed by atoms with Gasteiger partial charge in [-0.3, -0.25) is 0 Å². The minimum absolute atomic E-state index is 0.237. The second-order valence-corrected chi connectivity index (χ2v) is 5.64. The molecule has 2 aromatic rings. The number of halogens is 1. The van der Waals surface area contributed by atoms with Crippen molar-refractivity contribution in [1.29, 1.82) is 0 Å². The Hall–Kier alpha value is -1.47. The Bertz CT molecular complexity index is 548. The van der Waals surface area contributed by atoms with Crippen LogP contribution < -0.4 is 5.32 Å². The van der Waals surface area contributed by atoms with Gasteiger partial charge in [-0.15, -0.1) is 0 Å². The van der Waals surface area contributed by atoms with Crippen LogP contribution in [-0.4, -0.2) is 0 Å². The van der Waals surface area contributed by atoms with Crippen molar-refractivity contribution in [1.82, 2.24) is 0 Å². The average molecular weight is 274 g/mol. The predicted octanol–water partition coefficient (Wildman–Crippen LogP) is 5.64. The Kier molecular flexibility index (Phi) is 4.49. The monoisotopic (exact) mass is 273 g/mol. The first-order chi connectivity index (χ1) is 9.06. The van der Waals surface area contributed by atoms with Crippen LogP contribution in [0.3, 0.4) is 0 Å². The molecule has 2 heteroatoms. The van der Waals surface area contributed by atoms with Gasteiger partial charge < -0.3 is 5.32 Å². The average Bonchev–Trinajstić information content (AvgIpc) is 2.39. The Morgan fingerprint density at radius 2 is 1.58 bits per heavy atom. The van der Waals surface area contributed by atoms with Crippen molar-refractivity contribution in [3.8, 4) is 0 Å². The summed E-state index contributed by atoms with van der Waals surface area (Å²) < 4.78 is 0. The lowest BCUT2D eigenvalue weighted by Gasteiger charge is -2.17. The minimum atomic E-state index is 0.237. The zero-order chi connectivity index (χ0) is 13.8. The van der Waals surface area contributed by atoms with Gasteiger partial charge in [-0.25, -0.2) is 0 Å². The number of nitrogens with one attached hydrogen (secondary N) is 1. The van der Waals surface area contributed by atoms with E-state index in [4.69, 9.17) is 11.6 Å². The fourth-order valence-corrected chi connectivity index (χ4v) is 2.30. The molecule has 1 atom stereocenters. The summed E-state index contributed by atoms with van der Waals surface area (Å²) in [5.41, 5.74) is 3.70. The van der Waals surface area contributed by atoms with Crippen LogP contribution in [0.5, 0.6) is 0 Å². The molecule has 2 rings (SSSR count). The summed E-state index contributed by atoms with van der Waals surface area (Å²) in [7, 11) is 0. The molecule has 0 heterocycles. The quantitative estimate of drug-likeness (QED) is 0.760. The summed E-state index contributed by atoms with van der Waals surface area (Å²) in [5.74, 6) is 0.545. The van der Waals surface area contributed by atoms with Crippen molar-refractivity contribution in [3.05, 3.63) is 64.7 Å².